The highest BCUT2D eigenvalue weighted by Gasteiger charge is 2.30. The van der Waals surface area contributed by atoms with Gasteiger partial charge in [0.25, 0.3) is 0 Å². The summed E-state index contributed by atoms with van der Waals surface area (Å²) in [6, 6.07) is 17.5. The van der Waals surface area contributed by atoms with E-state index in [0.29, 0.717) is 24.5 Å². The molecule has 0 aliphatic carbocycles. The van der Waals surface area contributed by atoms with Crippen molar-refractivity contribution in [2.24, 2.45) is 5.92 Å². The first-order valence-corrected chi connectivity index (χ1v) is 10.6. The Hall–Kier alpha value is -2.33. The highest BCUT2D eigenvalue weighted by atomic mass is 35.5. The quantitative estimate of drug-likeness (QED) is 0.772. The second-order valence-corrected chi connectivity index (χ2v) is 8.89. The number of carbonyl (C=O) groups excluding carboxylic acids is 2. The largest absolute Gasteiger partial charge is 0.355 e. The Balaban J connectivity index is 1.54. The molecule has 1 aliphatic heterocycles. The van der Waals surface area contributed by atoms with Crippen LogP contribution in [0.1, 0.15) is 37.8 Å². The Morgan fingerprint density at radius 1 is 1.14 bits per heavy atom. The molecule has 1 N–H and O–H groups in total. The van der Waals surface area contributed by atoms with Crippen LogP contribution >= 0.6 is 11.6 Å². The molecule has 0 bridgehead atoms. The van der Waals surface area contributed by atoms with E-state index in [1.165, 1.54) is 0 Å². The van der Waals surface area contributed by atoms with Crippen LogP contribution in [0.3, 0.4) is 0 Å². The predicted molar refractivity (Wildman–Crippen MR) is 117 cm³/mol. The molecular formula is C24H29ClN2O2. The van der Waals surface area contributed by atoms with Crippen molar-refractivity contribution in [3.63, 3.8) is 0 Å². The molecule has 0 aromatic heterocycles. The molecule has 1 saturated heterocycles. The highest BCUT2D eigenvalue weighted by molar-refractivity contribution is 6.30. The van der Waals surface area contributed by atoms with Crippen molar-refractivity contribution in [3.8, 4) is 0 Å². The molecule has 2 aromatic rings. The second kappa shape index (κ2) is 9.45. The molecular weight excluding hydrogens is 384 g/mol. The fourth-order valence-electron chi connectivity index (χ4n) is 3.76. The number of hydrogen-bond donors (Lipinski definition) is 1. The van der Waals surface area contributed by atoms with E-state index in [-0.39, 0.29) is 23.1 Å². The van der Waals surface area contributed by atoms with E-state index in [1.54, 1.807) is 0 Å². The molecule has 1 fully saturated rings. The third-order valence-electron chi connectivity index (χ3n) is 5.65. The van der Waals surface area contributed by atoms with Crippen LogP contribution in [-0.2, 0) is 21.4 Å². The van der Waals surface area contributed by atoms with E-state index in [0.717, 1.165) is 30.5 Å². The summed E-state index contributed by atoms with van der Waals surface area (Å²) in [7, 11) is 0. The molecule has 0 radical (unpaired) electrons. The first kappa shape index (κ1) is 21.4. The van der Waals surface area contributed by atoms with Gasteiger partial charge >= 0.3 is 0 Å². The number of nitrogens with one attached hydrogen (secondary N) is 1. The van der Waals surface area contributed by atoms with Crippen molar-refractivity contribution in [2.75, 3.05) is 19.6 Å². The lowest BCUT2D eigenvalue weighted by Gasteiger charge is -2.33. The molecule has 1 heterocycles. The van der Waals surface area contributed by atoms with Crippen LogP contribution < -0.4 is 5.32 Å². The summed E-state index contributed by atoms with van der Waals surface area (Å²) >= 11 is 6.11. The van der Waals surface area contributed by atoms with Crippen LogP contribution in [-0.4, -0.2) is 36.3 Å². The summed E-state index contributed by atoms with van der Waals surface area (Å²) in [5.41, 5.74) is 1.87. The fourth-order valence-corrected chi connectivity index (χ4v) is 3.95. The summed E-state index contributed by atoms with van der Waals surface area (Å²) < 4.78 is 0. The van der Waals surface area contributed by atoms with Gasteiger partial charge in [0.05, 0.1) is 12.3 Å². The van der Waals surface area contributed by atoms with Gasteiger partial charge in [-0.05, 0) is 36.1 Å². The molecule has 1 unspecified atom stereocenters. The Kier molecular flexibility index (Phi) is 6.96. The average Bonchev–Trinajstić information content (AvgIpc) is 2.73. The average molecular weight is 413 g/mol. The minimum Gasteiger partial charge on any atom is -0.355 e. The van der Waals surface area contributed by atoms with Gasteiger partial charge in [-0.25, -0.2) is 0 Å². The molecule has 4 nitrogen and oxygen atoms in total. The minimum atomic E-state index is -0.224. The topological polar surface area (TPSA) is 49.4 Å². The van der Waals surface area contributed by atoms with Gasteiger partial charge in [-0.3, -0.25) is 9.59 Å². The number of amides is 2. The fraction of sp³-hybridized carbons (Fsp3) is 0.417. The number of hydrogen-bond acceptors (Lipinski definition) is 2. The number of carbonyl (C=O) groups is 2. The predicted octanol–water partition coefficient (Wildman–Crippen LogP) is 4.22. The van der Waals surface area contributed by atoms with E-state index >= 15 is 0 Å². The third-order valence-corrected chi connectivity index (χ3v) is 5.89. The lowest BCUT2D eigenvalue weighted by atomic mass is 9.84. The van der Waals surface area contributed by atoms with Gasteiger partial charge in [0.15, 0.2) is 0 Å². The first-order chi connectivity index (χ1) is 13.8. The van der Waals surface area contributed by atoms with Gasteiger partial charge in [-0.15, -0.1) is 0 Å². The zero-order chi connectivity index (χ0) is 20.9. The van der Waals surface area contributed by atoms with Crippen molar-refractivity contribution in [3.05, 3.63) is 70.7 Å². The molecule has 5 heteroatoms. The van der Waals surface area contributed by atoms with Crippen LogP contribution in [0.25, 0.3) is 0 Å². The van der Waals surface area contributed by atoms with Gasteiger partial charge in [0.1, 0.15) is 0 Å². The maximum absolute atomic E-state index is 12.8. The Bertz CT molecular complexity index is 851. The van der Waals surface area contributed by atoms with Gasteiger partial charge in [-0.1, -0.05) is 67.9 Å². The van der Waals surface area contributed by atoms with Crippen LogP contribution in [0.5, 0.6) is 0 Å². The summed E-state index contributed by atoms with van der Waals surface area (Å²) in [6.45, 7) is 5.93. The van der Waals surface area contributed by atoms with Gasteiger partial charge in [-0.2, -0.15) is 0 Å². The summed E-state index contributed by atoms with van der Waals surface area (Å²) in [5.74, 6) is -0.0380. The zero-order valence-electron chi connectivity index (χ0n) is 17.2. The molecule has 1 atom stereocenters. The number of halogens is 1. The van der Waals surface area contributed by atoms with E-state index in [9.17, 15) is 9.59 Å². The summed E-state index contributed by atoms with van der Waals surface area (Å²) in [4.78, 5) is 27.3. The van der Waals surface area contributed by atoms with Crippen LogP contribution in [0.2, 0.25) is 5.02 Å². The van der Waals surface area contributed by atoms with Crippen molar-refractivity contribution in [1.82, 2.24) is 10.2 Å². The highest BCUT2D eigenvalue weighted by Crippen LogP contribution is 2.25. The monoisotopic (exact) mass is 412 g/mol. The molecule has 29 heavy (non-hydrogen) atoms. The van der Waals surface area contributed by atoms with Crippen molar-refractivity contribution in [2.45, 2.75) is 38.5 Å². The Morgan fingerprint density at radius 3 is 2.62 bits per heavy atom. The third kappa shape index (κ3) is 5.83. The molecule has 1 aliphatic rings. The van der Waals surface area contributed by atoms with Gasteiger partial charge < -0.3 is 10.2 Å². The minimum absolute atomic E-state index is 0.0253. The first-order valence-electron chi connectivity index (χ1n) is 10.2. The van der Waals surface area contributed by atoms with Gasteiger partial charge in [0, 0.05) is 30.1 Å². The lowest BCUT2D eigenvalue weighted by molar-refractivity contribution is -0.135. The number of nitrogens with zero attached hydrogens (tertiary/aromatic N) is 1. The van der Waals surface area contributed by atoms with E-state index in [2.05, 4.69) is 19.2 Å². The number of likely N-dealkylation sites (tertiary alicyclic amines) is 1. The Morgan fingerprint density at radius 2 is 1.90 bits per heavy atom. The van der Waals surface area contributed by atoms with Crippen LogP contribution in [0.4, 0.5) is 0 Å². The molecule has 154 valence electrons. The number of benzene rings is 2. The van der Waals surface area contributed by atoms with Crippen LogP contribution in [0, 0.1) is 5.92 Å². The standard InChI is InChI=1S/C24H29ClN2O2/c1-24(2,20-11-6-12-21(25)15-20)17-26-23(29)19-10-7-13-27(16-19)22(28)14-18-8-4-3-5-9-18/h3-6,8-9,11-12,15,19H,7,10,13-14,16-17H2,1-2H3,(H,26,29). The summed E-state index contributed by atoms with van der Waals surface area (Å²) in [5, 5.41) is 3.80. The number of piperidine rings is 1. The Labute approximate surface area is 178 Å². The van der Waals surface area contributed by atoms with E-state index in [1.807, 2.05) is 59.5 Å². The number of rotatable bonds is 6. The van der Waals surface area contributed by atoms with E-state index < -0.39 is 0 Å². The van der Waals surface area contributed by atoms with Gasteiger partial charge in [0.2, 0.25) is 11.8 Å². The maximum atomic E-state index is 12.8. The zero-order valence-corrected chi connectivity index (χ0v) is 17.9. The molecule has 2 amide bonds. The lowest BCUT2D eigenvalue weighted by Crippen LogP contribution is -2.47. The summed E-state index contributed by atoms with van der Waals surface area (Å²) in [6.07, 6.45) is 2.06. The maximum Gasteiger partial charge on any atom is 0.227 e. The van der Waals surface area contributed by atoms with Crippen molar-refractivity contribution >= 4 is 23.4 Å². The molecule has 3 rings (SSSR count). The molecule has 0 spiro atoms. The normalized spacial score (nSPS) is 17.1. The second-order valence-electron chi connectivity index (χ2n) is 8.45. The van der Waals surface area contributed by atoms with E-state index in [4.69, 9.17) is 11.6 Å². The van der Waals surface area contributed by atoms with Crippen molar-refractivity contribution < 1.29 is 9.59 Å². The van der Waals surface area contributed by atoms with Crippen LogP contribution in [0.15, 0.2) is 54.6 Å². The molecule has 2 aromatic carbocycles. The molecule has 0 saturated carbocycles. The smallest absolute Gasteiger partial charge is 0.227 e. The SMILES string of the molecule is CC(C)(CNC(=O)C1CCCN(C(=O)Cc2ccccc2)C1)c1cccc(Cl)c1. The van der Waals surface area contributed by atoms with Crippen molar-refractivity contribution in [1.29, 1.82) is 0 Å².